The van der Waals surface area contributed by atoms with Crippen LogP contribution < -0.4 is 11.1 Å². The van der Waals surface area contributed by atoms with Gasteiger partial charge in [-0.1, -0.05) is 12.2 Å². The number of nitrogens with one attached hydrogen (secondary N) is 2. The van der Waals surface area contributed by atoms with Crippen molar-refractivity contribution in [2.45, 2.75) is 25.9 Å². The highest BCUT2D eigenvalue weighted by Gasteiger charge is 2.18. The van der Waals surface area contributed by atoms with Crippen molar-refractivity contribution in [1.82, 2.24) is 4.98 Å². The number of rotatable bonds is 5. The molecule has 5 nitrogen and oxygen atoms in total. The van der Waals surface area contributed by atoms with E-state index in [2.05, 4.69) is 10.3 Å². The lowest BCUT2D eigenvalue weighted by Crippen LogP contribution is -2.11. The highest BCUT2D eigenvalue weighted by Crippen LogP contribution is 2.38. The summed E-state index contributed by atoms with van der Waals surface area (Å²) in [6.07, 6.45) is 7.05. The van der Waals surface area contributed by atoms with Gasteiger partial charge in [-0.15, -0.1) is 11.3 Å². The predicted molar refractivity (Wildman–Crippen MR) is 93.9 cm³/mol. The molecule has 0 aliphatic heterocycles. The number of allylic oxidation sites excluding steroid dienone is 3. The minimum Gasteiger partial charge on any atom is -0.389 e. The van der Waals surface area contributed by atoms with Crippen LogP contribution in [0.15, 0.2) is 42.1 Å². The molecule has 23 heavy (non-hydrogen) atoms. The van der Waals surface area contributed by atoms with Crippen molar-refractivity contribution in [2.75, 3.05) is 5.32 Å². The Balaban J connectivity index is 1.91. The number of carbonyl (C=O) groups excluding carboxylic acids is 1. The zero-order valence-electron chi connectivity index (χ0n) is 12.8. The number of amides is 1. The normalized spacial score (nSPS) is 15.7. The smallest absolute Gasteiger partial charge is 0.251 e. The Labute approximate surface area is 138 Å². The third kappa shape index (κ3) is 3.38. The molecule has 0 aromatic carbocycles. The summed E-state index contributed by atoms with van der Waals surface area (Å²) < 4.78 is 0. The molecule has 2 aromatic heterocycles. The van der Waals surface area contributed by atoms with Crippen LogP contribution in [0.3, 0.4) is 0 Å². The zero-order chi connectivity index (χ0) is 16.4. The average Bonchev–Trinajstić information content (AvgIpc) is 3.17. The molecule has 1 aliphatic rings. The van der Waals surface area contributed by atoms with Gasteiger partial charge in [-0.2, -0.15) is 0 Å². The van der Waals surface area contributed by atoms with E-state index >= 15 is 0 Å². The van der Waals surface area contributed by atoms with Gasteiger partial charge in [0.15, 0.2) is 0 Å². The van der Waals surface area contributed by atoms with Crippen molar-refractivity contribution < 1.29 is 9.90 Å². The lowest BCUT2D eigenvalue weighted by molar-refractivity contribution is 0.100. The zero-order valence-corrected chi connectivity index (χ0v) is 13.6. The van der Waals surface area contributed by atoms with Crippen LogP contribution in [-0.2, 0) is 0 Å². The second-order valence-corrected chi connectivity index (χ2v) is 6.59. The maximum Gasteiger partial charge on any atom is 0.251 e. The summed E-state index contributed by atoms with van der Waals surface area (Å²) in [7, 11) is 0. The summed E-state index contributed by atoms with van der Waals surface area (Å²) in [6.45, 7) is 1.78. The second-order valence-electron chi connectivity index (χ2n) is 5.54. The Morgan fingerprint density at radius 2 is 2.26 bits per heavy atom. The fourth-order valence-corrected chi connectivity index (χ4v) is 3.69. The van der Waals surface area contributed by atoms with Gasteiger partial charge >= 0.3 is 0 Å². The number of H-pyrrole nitrogens is 1. The van der Waals surface area contributed by atoms with Gasteiger partial charge < -0.3 is 21.1 Å². The van der Waals surface area contributed by atoms with E-state index in [1.165, 1.54) is 11.3 Å². The molecule has 0 radical (unpaired) electrons. The van der Waals surface area contributed by atoms with E-state index in [9.17, 15) is 9.90 Å². The Morgan fingerprint density at radius 3 is 2.83 bits per heavy atom. The Bertz CT molecular complexity index is 770. The van der Waals surface area contributed by atoms with Crippen molar-refractivity contribution in [1.29, 1.82) is 0 Å². The number of hydrogen-bond acceptors (Lipinski definition) is 4. The quantitative estimate of drug-likeness (QED) is 0.677. The van der Waals surface area contributed by atoms with E-state index in [0.29, 0.717) is 5.56 Å². The molecule has 120 valence electrons. The lowest BCUT2D eigenvalue weighted by atomic mass is 9.94. The Kier molecular flexibility index (Phi) is 4.36. The molecule has 6 heteroatoms. The Hall–Kier alpha value is -2.31. The van der Waals surface area contributed by atoms with Gasteiger partial charge in [0, 0.05) is 11.1 Å². The largest absolute Gasteiger partial charge is 0.389 e. The highest BCUT2D eigenvalue weighted by atomic mass is 32.1. The molecule has 3 rings (SSSR count). The van der Waals surface area contributed by atoms with E-state index in [-0.39, 0.29) is 0 Å². The predicted octanol–water partition coefficient (Wildman–Crippen LogP) is 3.40. The van der Waals surface area contributed by atoms with Gasteiger partial charge in [-0.25, -0.2) is 0 Å². The van der Waals surface area contributed by atoms with Gasteiger partial charge in [0.1, 0.15) is 10.8 Å². The fraction of sp³-hybridized carbons (Fsp3) is 0.235. The summed E-state index contributed by atoms with van der Waals surface area (Å²) in [6, 6.07) is 5.61. The molecule has 1 atom stereocenters. The first-order chi connectivity index (χ1) is 11.0. The molecule has 0 spiro atoms. The maximum absolute atomic E-state index is 11.7. The van der Waals surface area contributed by atoms with Crippen LogP contribution in [0, 0.1) is 0 Å². The number of thiophene rings is 1. The lowest BCUT2D eigenvalue weighted by Gasteiger charge is -2.15. The van der Waals surface area contributed by atoms with E-state index in [1.807, 2.05) is 36.5 Å². The number of anilines is 2. The molecule has 0 saturated carbocycles. The standard InChI is InChI=1S/C17H19N3O2S/c1-10(21)11-4-6-12(7-5-11)14-9-13(16(18)22)17(23-14)20-15-3-2-8-19-15/h2-4,6,8-10,19-21H,5,7H2,1H3,(H2,18,22). The number of aliphatic hydroxyl groups excluding tert-OH is 1. The first-order valence-corrected chi connectivity index (χ1v) is 8.28. The van der Waals surface area contributed by atoms with E-state index in [1.54, 1.807) is 6.92 Å². The van der Waals surface area contributed by atoms with Crippen LogP contribution in [0.2, 0.25) is 0 Å². The summed E-state index contributed by atoms with van der Waals surface area (Å²) in [5.74, 6) is 0.369. The van der Waals surface area contributed by atoms with Crippen molar-refractivity contribution >= 4 is 33.6 Å². The van der Waals surface area contributed by atoms with Crippen LogP contribution >= 0.6 is 11.3 Å². The number of aliphatic hydroxyl groups is 1. The summed E-state index contributed by atoms with van der Waals surface area (Å²) >= 11 is 1.51. The topological polar surface area (TPSA) is 91.1 Å². The van der Waals surface area contributed by atoms with Gasteiger partial charge in [-0.05, 0) is 49.1 Å². The SMILES string of the molecule is CC(O)C1=CC=C(c2cc(C(N)=O)c(Nc3ccc[nH]3)s2)CC1. The third-order valence-corrected chi connectivity index (χ3v) is 5.00. The molecule has 1 amide bonds. The van der Waals surface area contributed by atoms with Gasteiger partial charge in [0.2, 0.25) is 0 Å². The monoisotopic (exact) mass is 329 g/mol. The summed E-state index contributed by atoms with van der Waals surface area (Å²) in [5.41, 5.74) is 8.18. The molecule has 0 saturated heterocycles. The van der Waals surface area contributed by atoms with E-state index in [4.69, 9.17) is 5.73 Å². The average molecular weight is 329 g/mol. The number of carbonyl (C=O) groups is 1. The summed E-state index contributed by atoms with van der Waals surface area (Å²) in [4.78, 5) is 15.8. The van der Waals surface area contributed by atoms with Crippen LogP contribution in [0.4, 0.5) is 10.8 Å². The number of hydrogen-bond donors (Lipinski definition) is 4. The minimum absolute atomic E-state index is 0.414. The molecule has 2 aromatic rings. The van der Waals surface area contributed by atoms with Gasteiger partial charge in [0.05, 0.1) is 11.7 Å². The molecular weight excluding hydrogens is 310 g/mol. The van der Waals surface area contributed by atoms with E-state index in [0.717, 1.165) is 39.7 Å². The van der Waals surface area contributed by atoms with Crippen molar-refractivity contribution in [2.24, 2.45) is 5.73 Å². The fourth-order valence-electron chi connectivity index (χ4n) is 2.56. The molecule has 1 unspecified atom stereocenters. The minimum atomic E-state index is -0.446. The molecule has 1 aliphatic carbocycles. The number of primary amides is 1. The van der Waals surface area contributed by atoms with Crippen LogP contribution in [0.25, 0.3) is 5.57 Å². The number of aromatic nitrogens is 1. The third-order valence-electron chi connectivity index (χ3n) is 3.88. The van der Waals surface area contributed by atoms with Crippen LogP contribution in [0.5, 0.6) is 0 Å². The van der Waals surface area contributed by atoms with Crippen LogP contribution in [0.1, 0.15) is 35.0 Å². The highest BCUT2D eigenvalue weighted by molar-refractivity contribution is 7.17. The molecule has 2 heterocycles. The Morgan fingerprint density at radius 1 is 1.43 bits per heavy atom. The van der Waals surface area contributed by atoms with Gasteiger partial charge in [0.25, 0.3) is 5.91 Å². The summed E-state index contributed by atoms with van der Waals surface area (Å²) in [5, 5.41) is 13.6. The first-order valence-electron chi connectivity index (χ1n) is 7.46. The van der Waals surface area contributed by atoms with Crippen molar-refractivity contribution in [3.05, 3.63) is 52.6 Å². The van der Waals surface area contributed by atoms with Crippen molar-refractivity contribution in [3.8, 4) is 0 Å². The molecular formula is C17H19N3O2S. The molecule has 0 fully saturated rings. The molecule has 0 bridgehead atoms. The van der Waals surface area contributed by atoms with Gasteiger partial charge in [-0.3, -0.25) is 4.79 Å². The number of aromatic amines is 1. The van der Waals surface area contributed by atoms with E-state index < -0.39 is 12.0 Å². The maximum atomic E-state index is 11.7. The second kappa shape index (κ2) is 6.44. The van der Waals surface area contributed by atoms with Crippen LogP contribution in [-0.4, -0.2) is 22.1 Å². The first kappa shape index (κ1) is 15.6. The van der Waals surface area contributed by atoms with Crippen molar-refractivity contribution in [3.63, 3.8) is 0 Å². The number of nitrogens with two attached hydrogens (primary N) is 1. The molecule has 5 N–H and O–H groups in total.